The summed E-state index contributed by atoms with van der Waals surface area (Å²) in [6.45, 7) is 1.79. The number of pyridine rings is 1. The van der Waals surface area contributed by atoms with Gasteiger partial charge in [0.05, 0.1) is 5.92 Å². The number of hydrogen-bond acceptors (Lipinski definition) is 3. The Bertz CT molecular complexity index is 818. The molecule has 2 aromatic rings. The summed E-state index contributed by atoms with van der Waals surface area (Å²) in [7, 11) is 0. The predicted molar refractivity (Wildman–Crippen MR) is 80.9 cm³/mol. The van der Waals surface area contributed by atoms with Crippen LogP contribution in [0.3, 0.4) is 0 Å². The lowest BCUT2D eigenvalue weighted by Crippen LogP contribution is -2.47. The average Bonchev–Trinajstić information content (AvgIpc) is 2.45. The van der Waals surface area contributed by atoms with Gasteiger partial charge in [-0.1, -0.05) is 18.2 Å². The molecule has 0 bridgehead atoms. The molecule has 6 heteroatoms. The molecule has 1 aliphatic carbocycles. The Balaban J connectivity index is 1.85. The van der Waals surface area contributed by atoms with E-state index < -0.39 is 5.97 Å². The number of carboxylic acids is 1. The van der Waals surface area contributed by atoms with Crippen LogP contribution in [0.25, 0.3) is 10.8 Å². The number of fused-ring (bicyclic) bond motifs is 1. The lowest BCUT2D eigenvalue weighted by atomic mass is 9.80. The standard InChI is InChI=1S/C16H16N2O4/c1-8-11-4-2-3-5-12(11)14(19)18-13(8)15(20)17-10-6-9(7-10)16(21)22/h2-5,9-10H,6-7H2,1H3,(H,17,20)(H,18,19)(H,21,22). The van der Waals surface area contributed by atoms with Crippen molar-refractivity contribution in [3.8, 4) is 0 Å². The molecule has 0 aliphatic heterocycles. The average molecular weight is 300 g/mol. The molecule has 114 valence electrons. The summed E-state index contributed by atoms with van der Waals surface area (Å²) in [5, 5.41) is 12.9. The number of nitrogens with one attached hydrogen (secondary N) is 2. The van der Waals surface area contributed by atoms with Crippen LogP contribution in [-0.4, -0.2) is 28.0 Å². The summed E-state index contributed by atoms with van der Waals surface area (Å²) in [5.41, 5.74) is 0.646. The van der Waals surface area contributed by atoms with Gasteiger partial charge >= 0.3 is 5.97 Å². The Morgan fingerprint density at radius 1 is 1.23 bits per heavy atom. The molecule has 0 saturated heterocycles. The minimum Gasteiger partial charge on any atom is -0.481 e. The number of aryl methyl sites for hydroxylation is 1. The highest BCUT2D eigenvalue weighted by atomic mass is 16.4. The van der Waals surface area contributed by atoms with E-state index in [4.69, 9.17) is 5.11 Å². The van der Waals surface area contributed by atoms with Crippen LogP contribution >= 0.6 is 0 Å². The maximum absolute atomic E-state index is 12.3. The first-order valence-corrected chi connectivity index (χ1v) is 7.12. The van der Waals surface area contributed by atoms with E-state index in [9.17, 15) is 14.4 Å². The quantitative estimate of drug-likeness (QED) is 0.798. The molecule has 1 amide bonds. The molecule has 3 rings (SSSR count). The molecule has 0 radical (unpaired) electrons. The third kappa shape index (κ3) is 2.36. The van der Waals surface area contributed by atoms with Crippen molar-refractivity contribution in [1.29, 1.82) is 0 Å². The van der Waals surface area contributed by atoms with E-state index in [0.717, 1.165) is 5.39 Å². The van der Waals surface area contributed by atoms with E-state index in [0.29, 0.717) is 23.8 Å². The number of carboxylic acid groups (broad SMARTS) is 1. The Morgan fingerprint density at radius 3 is 2.50 bits per heavy atom. The number of aromatic amines is 1. The Hall–Kier alpha value is -2.63. The Kier molecular flexibility index (Phi) is 3.44. The summed E-state index contributed by atoms with van der Waals surface area (Å²) in [5.74, 6) is -1.59. The van der Waals surface area contributed by atoms with E-state index in [2.05, 4.69) is 10.3 Å². The van der Waals surface area contributed by atoms with Crippen molar-refractivity contribution in [1.82, 2.24) is 10.3 Å². The van der Waals surface area contributed by atoms with Crippen molar-refractivity contribution >= 4 is 22.6 Å². The number of H-pyrrole nitrogens is 1. The fraction of sp³-hybridized carbons (Fsp3) is 0.312. The largest absolute Gasteiger partial charge is 0.481 e. The van der Waals surface area contributed by atoms with Gasteiger partial charge in [0, 0.05) is 11.4 Å². The van der Waals surface area contributed by atoms with Crippen molar-refractivity contribution in [2.45, 2.75) is 25.8 Å². The van der Waals surface area contributed by atoms with Gasteiger partial charge in [0.2, 0.25) is 0 Å². The van der Waals surface area contributed by atoms with Crippen molar-refractivity contribution in [2.24, 2.45) is 5.92 Å². The molecule has 0 unspecified atom stereocenters. The fourth-order valence-electron chi connectivity index (χ4n) is 2.84. The number of hydrogen-bond donors (Lipinski definition) is 3. The molecule has 6 nitrogen and oxygen atoms in total. The molecule has 0 atom stereocenters. The van der Waals surface area contributed by atoms with Crippen molar-refractivity contribution in [3.63, 3.8) is 0 Å². The normalized spacial score (nSPS) is 20.4. The van der Waals surface area contributed by atoms with Gasteiger partial charge in [-0.3, -0.25) is 14.4 Å². The van der Waals surface area contributed by atoms with Crippen LogP contribution in [0.2, 0.25) is 0 Å². The Labute approximate surface area is 126 Å². The number of benzene rings is 1. The molecule has 1 aromatic carbocycles. The first kappa shape index (κ1) is 14.3. The molecule has 22 heavy (non-hydrogen) atoms. The van der Waals surface area contributed by atoms with Crippen LogP contribution in [0.4, 0.5) is 0 Å². The van der Waals surface area contributed by atoms with E-state index in [-0.39, 0.29) is 29.1 Å². The number of aromatic nitrogens is 1. The maximum atomic E-state index is 12.3. The Morgan fingerprint density at radius 2 is 1.86 bits per heavy atom. The zero-order valence-electron chi connectivity index (χ0n) is 12.1. The van der Waals surface area contributed by atoms with Crippen molar-refractivity contribution in [3.05, 3.63) is 45.9 Å². The van der Waals surface area contributed by atoms with Gasteiger partial charge in [-0.25, -0.2) is 0 Å². The maximum Gasteiger partial charge on any atom is 0.306 e. The summed E-state index contributed by atoms with van der Waals surface area (Å²) < 4.78 is 0. The summed E-state index contributed by atoms with van der Waals surface area (Å²) in [4.78, 5) is 37.8. The minimum atomic E-state index is -0.833. The number of carbonyl (C=O) groups excluding carboxylic acids is 1. The van der Waals surface area contributed by atoms with Crippen molar-refractivity contribution in [2.75, 3.05) is 0 Å². The number of aliphatic carboxylic acids is 1. The first-order chi connectivity index (χ1) is 10.5. The van der Waals surface area contributed by atoms with Gasteiger partial charge in [-0.2, -0.15) is 0 Å². The van der Waals surface area contributed by atoms with Gasteiger partial charge in [0.1, 0.15) is 5.69 Å². The first-order valence-electron chi connectivity index (χ1n) is 7.12. The molecule has 1 saturated carbocycles. The van der Waals surface area contributed by atoms with Crippen LogP contribution in [0.1, 0.15) is 28.9 Å². The van der Waals surface area contributed by atoms with Gasteiger partial charge in [-0.15, -0.1) is 0 Å². The smallest absolute Gasteiger partial charge is 0.306 e. The van der Waals surface area contributed by atoms with Crippen LogP contribution in [-0.2, 0) is 4.79 Å². The summed E-state index contributed by atoms with van der Waals surface area (Å²) in [6.07, 6.45) is 0.857. The fourth-order valence-corrected chi connectivity index (χ4v) is 2.84. The van der Waals surface area contributed by atoms with Crippen LogP contribution in [0, 0.1) is 12.8 Å². The van der Waals surface area contributed by atoms with Crippen LogP contribution < -0.4 is 10.9 Å². The second-order valence-electron chi connectivity index (χ2n) is 5.68. The third-order valence-corrected chi connectivity index (χ3v) is 4.24. The molecule has 1 aliphatic rings. The van der Waals surface area contributed by atoms with Gasteiger partial charge in [-0.05, 0) is 36.8 Å². The highest BCUT2D eigenvalue weighted by Crippen LogP contribution is 2.28. The van der Waals surface area contributed by atoms with Gasteiger partial charge in [0.15, 0.2) is 0 Å². The third-order valence-electron chi connectivity index (χ3n) is 4.24. The summed E-state index contributed by atoms with van der Waals surface area (Å²) in [6, 6.07) is 6.96. The molecule has 0 spiro atoms. The zero-order chi connectivity index (χ0) is 15.9. The zero-order valence-corrected chi connectivity index (χ0v) is 12.1. The monoisotopic (exact) mass is 300 g/mol. The van der Waals surface area contributed by atoms with E-state index in [1.807, 2.05) is 6.07 Å². The van der Waals surface area contributed by atoms with E-state index in [1.54, 1.807) is 25.1 Å². The molecule has 1 heterocycles. The van der Waals surface area contributed by atoms with Gasteiger partial charge < -0.3 is 15.4 Å². The number of amides is 1. The molecular weight excluding hydrogens is 284 g/mol. The van der Waals surface area contributed by atoms with E-state index >= 15 is 0 Å². The predicted octanol–water partition coefficient (Wildman–Crippen LogP) is 1.43. The second-order valence-corrected chi connectivity index (χ2v) is 5.68. The van der Waals surface area contributed by atoms with Crippen LogP contribution in [0.5, 0.6) is 0 Å². The molecule has 1 fully saturated rings. The summed E-state index contributed by atoms with van der Waals surface area (Å²) >= 11 is 0. The molecule has 1 aromatic heterocycles. The van der Waals surface area contributed by atoms with E-state index in [1.165, 1.54) is 0 Å². The van der Waals surface area contributed by atoms with Crippen LogP contribution in [0.15, 0.2) is 29.1 Å². The van der Waals surface area contributed by atoms with Crippen molar-refractivity contribution < 1.29 is 14.7 Å². The minimum absolute atomic E-state index is 0.150. The van der Waals surface area contributed by atoms with Gasteiger partial charge in [0.25, 0.3) is 11.5 Å². The number of rotatable bonds is 3. The lowest BCUT2D eigenvalue weighted by molar-refractivity contribution is -0.145. The number of carbonyl (C=O) groups is 2. The highest BCUT2D eigenvalue weighted by Gasteiger charge is 2.35. The molecule has 3 N–H and O–H groups in total. The second kappa shape index (κ2) is 5.29. The SMILES string of the molecule is Cc1c(C(=O)NC2CC(C(=O)O)C2)[nH]c(=O)c2ccccc12. The highest BCUT2D eigenvalue weighted by molar-refractivity contribution is 5.99. The lowest BCUT2D eigenvalue weighted by Gasteiger charge is -2.32. The topological polar surface area (TPSA) is 99.3 Å². The molecular formula is C16H16N2O4.